The van der Waals surface area contributed by atoms with Crippen LogP contribution in [0.3, 0.4) is 0 Å². The molecule has 1 fully saturated rings. The molecule has 2 aromatic rings. The molecule has 1 atom stereocenters. The smallest absolute Gasteiger partial charge is 0.242 e. The molecule has 0 spiro atoms. The number of para-hydroxylation sites is 1. The number of aliphatic imine (C=N–C) groups is 1. The van der Waals surface area contributed by atoms with E-state index in [1.165, 1.54) is 38.0 Å². The average Bonchev–Trinajstić information content (AvgIpc) is 3.08. The fraction of sp³-hybridized carbons (Fsp3) is 0.333. The van der Waals surface area contributed by atoms with E-state index in [-0.39, 0.29) is 22.5 Å². The number of benzene rings is 2. The van der Waals surface area contributed by atoms with Gasteiger partial charge in [-0.15, -0.1) is 0 Å². The summed E-state index contributed by atoms with van der Waals surface area (Å²) in [5.74, 6) is 0.595. The van der Waals surface area contributed by atoms with E-state index in [0.717, 1.165) is 9.87 Å². The lowest BCUT2D eigenvalue weighted by Crippen LogP contribution is -2.33. The maximum absolute atomic E-state index is 13.0. The molecular weight excluding hydrogens is 422 g/mol. The van der Waals surface area contributed by atoms with Crippen LogP contribution in [0, 0.1) is 0 Å². The van der Waals surface area contributed by atoms with Crippen LogP contribution >= 0.6 is 11.8 Å². The number of carbonyl (C=O) groups excluding carboxylic acids is 1. The lowest BCUT2D eigenvalue weighted by molar-refractivity contribution is -0.126. The Kier molecular flexibility index (Phi) is 6.84. The van der Waals surface area contributed by atoms with Gasteiger partial charge in [0.05, 0.1) is 24.1 Å². The summed E-state index contributed by atoms with van der Waals surface area (Å²) in [5.41, 5.74) is 1.30. The molecule has 0 aliphatic carbocycles. The maximum atomic E-state index is 13.0. The van der Waals surface area contributed by atoms with Gasteiger partial charge in [0.2, 0.25) is 15.9 Å². The number of amides is 1. The quantitative estimate of drug-likeness (QED) is 0.680. The Morgan fingerprint density at radius 1 is 1.23 bits per heavy atom. The molecule has 1 amide bonds. The molecule has 7 nitrogen and oxygen atoms in total. The van der Waals surface area contributed by atoms with Crippen molar-refractivity contribution < 1.29 is 17.9 Å². The van der Waals surface area contributed by atoms with Gasteiger partial charge in [-0.05, 0) is 24.3 Å². The zero-order valence-electron chi connectivity index (χ0n) is 17.4. The minimum absolute atomic E-state index is 0.0767. The largest absolute Gasteiger partial charge is 0.496 e. The molecule has 1 aliphatic heterocycles. The van der Waals surface area contributed by atoms with E-state index in [0.29, 0.717) is 23.1 Å². The molecule has 1 saturated heterocycles. The van der Waals surface area contributed by atoms with E-state index in [1.54, 1.807) is 24.1 Å². The summed E-state index contributed by atoms with van der Waals surface area (Å²) in [4.78, 5) is 19.4. The van der Waals surface area contributed by atoms with Gasteiger partial charge in [0.15, 0.2) is 5.17 Å². The lowest BCUT2D eigenvalue weighted by Gasteiger charge is -2.17. The SMILES string of the molecule is COc1ccccc1CC(=O)N1CC(C)SC1=Nc1cccc(S(=O)(=O)N(C)C)c1. The lowest BCUT2D eigenvalue weighted by atomic mass is 10.1. The van der Waals surface area contributed by atoms with Crippen molar-refractivity contribution in [3.8, 4) is 5.75 Å². The van der Waals surface area contributed by atoms with Crippen LogP contribution < -0.4 is 4.74 Å². The number of ether oxygens (including phenoxy) is 1. The van der Waals surface area contributed by atoms with Gasteiger partial charge >= 0.3 is 0 Å². The van der Waals surface area contributed by atoms with E-state index < -0.39 is 10.0 Å². The van der Waals surface area contributed by atoms with Gasteiger partial charge in [0.1, 0.15) is 5.75 Å². The number of nitrogens with zero attached hydrogens (tertiary/aromatic N) is 3. The van der Waals surface area contributed by atoms with Gasteiger partial charge in [0, 0.05) is 31.5 Å². The van der Waals surface area contributed by atoms with Gasteiger partial charge in [0.25, 0.3) is 0 Å². The Labute approximate surface area is 181 Å². The van der Waals surface area contributed by atoms with Gasteiger partial charge < -0.3 is 4.74 Å². The zero-order chi connectivity index (χ0) is 21.9. The van der Waals surface area contributed by atoms with Crippen LogP contribution in [0.15, 0.2) is 58.4 Å². The van der Waals surface area contributed by atoms with Crippen LogP contribution in [0.1, 0.15) is 12.5 Å². The molecule has 1 unspecified atom stereocenters. The zero-order valence-corrected chi connectivity index (χ0v) is 19.0. The predicted octanol–water partition coefficient (Wildman–Crippen LogP) is 3.14. The Balaban J connectivity index is 1.88. The van der Waals surface area contributed by atoms with Gasteiger partial charge in [-0.3, -0.25) is 9.69 Å². The molecule has 30 heavy (non-hydrogen) atoms. The Hall–Kier alpha value is -2.36. The molecule has 0 bridgehead atoms. The number of hydrogen-bond donors (Lipinski definition) is 0. The molecule has 160 valence electrons. The van der Waals surface area contributed by atoms with Crippen LogP contribution in [0.25, 0.3) is 0 Å². The maximum Gasteiger partial charge on any atom is 0.242 e. The monoisotopic (exact) mass is 447 g/mol. The van der Waals surface area contributed by atoms with Gasteiger partial charge in [-0.2, -0.15) is 0 Å². The van der Waals surface area contributed by atoms with Crippen molar-refractivity contribution in [1.82, 2.24) is 9.21 Å². The summed E-state index contributed by atoms with van der Waals surface area (Å²) in [6.45, 7) is 2.58. The number of thioether (sulfide) groups is 1. The third-order valence-corrected chi connectivity index (χ3v) is 7.52. The molecule has 0 N–H and O–H groups in total. The number of amidine groups is 1. The third kappa shape index (κ3) is 4.85. The number of rotatable bonds is 6. The summed E-state index contributed by atoms with van der Waals surface area (Å²) in [6, 6.07) is 13.9. The summed E-state index contributed by atoms with van der Waals surface area (Å²) >= 11 is 1.50. The molecule has 0 radical (unpaired) electrons. The van der Waals surface area contributed by atoms with Crippen molar-refractivity contribution in [2.24, 2.45) is 4.99 Å². The second kappa shape index (κ2) is 9.20. The van der Waals surface area contributed by atoms with E-state index in [2.05, 4.69) is 4.99 Å². The van der Waals surface area contributed by atoms with Crippen molar-refractivity contribution in [3.63, 3.8) is 0 Å². The van der Waals surface area contributed by atoms with Crippen LogP contribution in [0.4, 0.5) is 5.69 Å². The molecule has 3 rings (SSSR count). The first-order valence-electron chi connectivity index (χ1n) is 9.42. The first-order valence-corrected chi connectivity index (χ1v) is 11.7. The molecule has 9 heteroatoms. The number of hydrogen-bond acceptors (Lipinski definition) is 6. The first kappa shape index (κ1) is 22.3. The van der Waals surface area contributed by atoms with E-state index in [4.69, 9.17) is 4.74 Å². The highest BCUT2D eigenvalue weighted by molar-refractivity contribution is 8.14. The number of sulfonamides is 1. The average molecular weight is 448 g/mol. The van der Waals surface area contributed by atoms with Crippen molar-refractivity contribution >= 4 is 38.5 Å². The second-order valence-corrected chi connectivity index (χ2v) is 10.7. The van der Waals surface area contributed by atoms with Crippen LogP contribution in [0.5, 0.6) is 5.75 Å². The molecule has 0 saturated carbocycles. The fourth-order valence-corrected chi connectivity index (χ4v) is 5.04. The normalized spacial score (nSPS) is 18.2. The fourth-order valence-electron chi connectivity index (χ4n) is 3.05. The summed E-state index contributed by atoms with van der Waals surface area (Å²) in [6.07, 6.45) is 0.200. The highest BCUT2D eigenvalue weighted by Crippen LogP contribution is 2.30. The Morgan fingerprint density at radius 2 is 1.97 bits per heavy atom. The molecular formula is C21H25N3O4S2. The van der Waals surface area contributed by atoms with E-state index >= 15 is 0 Å². The molecule has 0 aromatic heterocycles. The second-order valence-electron chi connectivity index (χ2n) is 7.10. The van der Waals surface area contributed by atoms with Crippen molar-refractivity contribution in [2.75, 3.05) is 27.7 Å². The summed E-state index contributed by atoms with van der Waals surface area (Å²) in [5, 5.41) is 0.765. The number of methoxy groups -OCH3 is 1. The first-order chi connectivity index (χ1) is 14.2. The van der Waals surface area contributed by atoms with E-state index in [9.17, 15) is 13.2 Å². The Morgan fingerprint density at radius 3 is 2.67 bits per heavy atom. The predicted molar refractivity (Wildman–Crippen MR) is 120 cm³/mol. The Bertz CT molecular complexity index is 1070. The number of carbonyl (C=O) groups is 1. The third-order valence-electron chi connectivity index (χ3n) is 4.63. The topological polar surface area (TPSA) is 79.3 Å². The van der Waals surface area contributed by atoms with Crippen LogP contribution in [-0.2, 0) is 21.2 Å². The van der Waals surface area contributed by atoms with Crippen molar-refractivity contribution in [3.05, 3.63) is 54.1 Å². The highest BCUT2D eigenvalue weighted by Gasteiger charge is 2.31. The minimum atomic E-state index is -3.56. The summed E-state index contributed by atoms with van der Waals surface area (Å²) < 4.78 is 31.3. The standard InChI is InChI=1S/C21H25N3O4S2/c1-15-14-24(20(25)12-16-8-5-6-11-19(16)28-4)21(29-15)22-17-9-7-10-18(13-17)30(26,27)23(2)3/h5-11,13,15H,12,14H2,1-4H3. The van der Waals surface area contributed by atoms with Gasteiger partial charge in [-0.1, -0.05) is 43.0 Å². The summed E-state index contributed by atoms with van der Waals surface area (Å²) in [7, 11) is 0.996. The van der Waals surface area contributed by atoms with E-state index in [1.807, 2.05) is 31.2 Å². The minimum Gasteiger partial charge on any atom is -0.496 e. The van der Waals surface area contributed by atoms with Crippen molar-refractivity contribution in [1.29, 1.82) is 0 Å². The van der Waals surface area contributed by atoms with Crippen molar-refractivity contribution in [2.45, 2.75) is 23.5 Å². The van der Waals surface area contributed by atoms with Crippen LogP contribution in [0.2, 0.25) is 0 Å². The molecule has 2 aromatic carbocycles. The molecule has 1 heterocycles. The molecule has 1 aliphatic rings. The van der Waals surface area contributed by atoms with Gasteiger partial charge in [-0.25, -0.2) is 17.7 Å². The van der Waals surface area contributed by atoms with Crippen LogP contribution in [-0.4, -0.2) is 61.7 Å². The highest BCUT2D eigenvalue weighted by atomic mass is 32.2.